The van der Waals surface area contributed by atoms with Crippen molar-refractivity contribution in [2.45, 2.75) is 0 Å². The molecular weight excluding hydrogens is 204 g/mol. The molecule has 84 valence electrons. The van der Waals surface area contributed by atoms with E-state index in [-0.39, 0.29) is 5.91 Å². The highest BCUT2D eigenvalue weighted by Gasteiger charge is 2.11. The first-order valence-electron chi connectivity index (χ1n) is 5.11. The van der Waals surface area contributed by atoms with Crippen LogP contribution in [0.4, 0.5) is 0 Å². The van der Waals surface area contributed by atoms with Crippen molar-refractivity contribution in [2.75, 3.05) is 20.1 Å². The molecule has 0 atom stereocenters. The van der Waals surface area contributed by atoms with Gasteiger partial charge in [-0.1, -0.05) is 6.07 Å². The van der Waals surface area contributed by atoms with Crippen molar-refractivity contribution in [1.29, 1.82) is 0 Å². The molecule has 0 fully saturated rings. The van der Waals surface area contributed by atoms with Gasteiger partial charge in [-0.25, -0.2) is 0 Å². The van der Waals surface area contributed by atoms with Gasteiger partial charge < -0.3 is 10.6 Å². The van der Waals surface area contributed by atoms with Crippen LogP contribution in [0.5, 0.6) is 0 Å². The number of hydrogen-bond donors (Lipinski definition) is 2. The smallest absolute Gasteiger partial charge is 0.253 e. The number of fused-ring (bicyclic) bond motifs is 1. The molecule has 5 nitrogen and oxygen atoms in total. The Bertz CT molecular complexity index is 505. The van der Waals surface area contributed by atoms with E-state index in [1.807, 2.05) is 6.07 Å². The van der Waals surface area contributed by atoms with E-state index in [1.165, 1.54) is 0 Å². The van der Waals surface area contributed by atoms with Gasteiger partial charge in [0.2, 0.25) is 0 Å². The summed E-state index contributed by atoms with van der Waals surface area (Å²) in [6, 6.07) is 5.48. The number of aromatic amines is 1. The standard InChI is InChI=1S/C11H14N4O/c1-15(5-4-12)11(16)8-2-3-9-7-13-14-10(9)6-8/h2-3,6-7H,4-5,12H2,1H3,(H,13,14). The molecule has 16 heavy (non-hydrogen) atoms. The Morgan fingerprint density at radius 2 is 2.38 bits per heavy atom. The van der Waals surface area contributed by atoms with E-state index in [9.17, 15) is 4.79 Å². The molecule has 0 saturated carbocycles. The van der Waals surface area contributed by atoms with Crippen molar-refractivity contribution in [1.82, 2.24) is 15.1 Å². The third kappa shape index (κ3) is 1.90. The summed E-state index contributed by atoms with van der Waals surface area (Å²) in [4.78, 5) is 13.5. The molecule has 0 radical (unpaired) electrons. The second-order valence-electron chi connectivity index (χ2n) is 3.69. The number of amides is 1. The van der Waals surface area contributed by atoms with Crippen LogP contribution in [-0.4, -0.2) is 41.1 Å². The zero-order chi connectivity index (χ0) is 11.5. The lowest BCUT2D eigenvalue weighted by Gasteiger charge is -2.15. The largest absolute Gasteiger partial charge is 0.340 e. The summed E-state index contributed by atoms with van der Waals surface area (Å²) in [6.45, 7) is 1.02. The summed E-state index contributed by atoms with van der Waals surface area (Å²) in [5.41, 5.74) is 6.92. The predicted molar refractivity (Wildman–Crippen MR) is 62.1 cm³/mol. The predicted octanol–water partition coefficient (Wildman–Crippen LogP) is 0.594. The average molecular weight is 218 g/mol. The molecule has 0 aliphatic rings. The minimum absolute atomic E-state index is 0.0260. The first-order chi connectivity index (χ1) is 7.72. The lowest BCUT2D eigenvalue weighted by atomic mass is 10.1. The van der Waals surface area contributed by atoms with Crippen LogP contribution in [0.3, 0.4) is 0 Å². The zero-order valence-corrected chi connectivity index (χ0v) is 9.10. The second-order valence-corrected chi connectivity index (χ2v) is 3.69. The number of carbonyl (C=O) groups excluding carboxylic acids is 1. The number of aromatic nitrogens is 2. The van der Waals surface area contributed by atoms with Crippen LogP contribution >= 0.6 is 0 Å². The molecule has 1 aromatic heterocycles. The minimum atomic E-state index is -0.0260. The fraction of sp³-hybridized carbons (Fsp3) is 0.273. The van der Waals surface area contributed by atoms with E-state index < -0.39 is 0 Å². The van der Waals surface area contributed by atoms with Crippen molar-refractivity contribution in [3.05, 3.63) is 30.0 Å². The molecule has 0 spiro atoms. The van der Waals surface area contributed by atoms with Gasteiger partial charge >= 0.3 is 0 Å². The molecule has 1 amide bonds. The number of benzene rings is 1. The molecule has 0 aliphatic heterocycles. The van der Waals surface area contributed by atoms with Gasteiger partial charge in [0.25, 0.3) is 5.91 Å². The van der Waals surface area contributed by atoms with Crippen LogP contribution < -0.4 is 5.73 Å². The van der Waals surface area contributed by atoms with Crippen LogP contribution in [-0.2, 0) is 0 Å². The van der Waals surface area contributed by atoms with E-state index >= 15 is 0 Å². The monoisotopic (exact) mass is 218 g/mol. The van der Waals surface area contributed by atoms with E-state index in [4.69, 9.17) is 5.73 Å². The average Bonchev–Trinajstić information content (AvgIpc) is 2.75. The Morgan fingerprint density at radius 3 is 3.12 bits per heavy atom. The van der Waals surface area contributed by atoms with Gasteiger partial charge in [0.15, 0.2) is 0 Å². The Balaban J connectivity index is 2.28. The molecular formula is C11H14N4O. The molecule has 0 bridgehead atoms. The fourth-order valence-corrected chi connectivity index (χ4v) is 1.59. The molecule has 2 aromatic rings. The molecule has 1 heterocycles. The van der Waals surface area contributed by atoms with Gasteiger partial charge in [-0.3, -0.25) is 9.89 Å². The van der Waals surface area contributed by atoms with E-state index in [1.54, 1.807) is 30.3 Å². The molecule has 0 unspecified atom stereocenters. The maximum atomic E-state index is 11.9. The third-order valence-corrected chi connectivity index (χ3v) is 2.50. The molecule has 2 rings (SSSR count). The van der Waals surface area contributed by atoms with Gasteiger partial charge in [0.05, 0.1) is 11.7 Å². The quantitative estimate of drug-likeness (QED) is 0.791. The number of nitrogens with one attached hydrogen (secondary N) is 1. The summed E-state index contributed by atoms with van der Waals surface area (Å²) in [5.74, 6) is -0.0260. The second kappa shape index (κ2) is 4.32. The van der Waals surface area contributed by atoms with Crippen molar-refractivity contribution in [3.8, 4) is 0 Å². The first-order valence-corrected chi connectivity index (χ1v) is 5.11. The molecule has 1 aromatic carbocycles. The van der Waals surface area contributed by atoms with Crippen LogP contribution in [0.25, 0.3) is 10.9 Å². The van der Waals surface area contributed by atoms with Crippen molar-refractivity contribution >= 4 is 16.8 Å². The highest BCUT2D eigenvalue weighted by atomic mass is 16.2. The number of likely N-dealkylation sites (N-methyl/N-ethyl adjacent to an activating group) is 1. The van der Waals surface area contributed by atoms with Crippen molar-refractivity contribution in [2.24, 2.45) is 5.73 Å². The summed E-state index contributed by atoms with van der Waals surface area (Å²) in [6.07, 6.45) is 1.73. The number of rotatable bonds is 3. The molecule has 0 aliphatic carbocycles. The number of nitrogens with two attached hydrogens (primary N) is 1. The van der Waals surface area contributed by atoms with Crippen molar-refractivity contribution in [3.63, 3.8) is 0 Å². The third-order valence-electron chi connectivity index (χ3n) is 2.50. The Kier molecular flexibility index (Phi) is 2.87. The highest BCUT2D eigenvalue weighted by molar-refractivity contribution is 5.97. The normalized spacial score (nSPS) is 10.6. The maximum absolute atomic E-state index is 11.9. The number of H-pyrrole nitrogens is 1. The lowest BCUT2D eigenvalue weighted by molar-refractivity contribution is 0.0799. The van der Waals surface area contributed by atoms with Crippen LogP contribution in [0, 0.1) is 0 Å². The summed E-state index contributed by atoms with van der Waals surface area (Å²) >= 11 is 0. The Hall–Kier alpha value is -1.88. The zero-order valence-electron chi connectivity index (χ0n) is 9.10. The van der Waals surface area contributed by atoms with E-state index in [0.717, 1.165) is 10.9 Å². The lowest BCUT2D eigenvalue weighted by Crippen LogP contribution is -2.31. The van der Waals surface area contributed by atoms with Gasteiger partial charge in [-0.05, 0) is 12.1 Å². The van der Waals surface area contributed by atoms with E-state index in [2.05, 4.69) is 10.2 Å². The fourth-order valence-electron chi connectivity index (χ4n) is 1.59. The van der Waals surface area contributed by atoms with E-state index in [0.29, 0.717) is 18.7 Å². The van der Waals surface area contributed by atoms with Gasteiger partial charge in [0.1, 0.15) is 0 Å². The number of nitrogens with zero attached hydrogens (tertiary/aromatic N) is 2. The molecule has 3 N–H and O–H groups in total. The van der Waals surface area contributed by atoms with Crippen LogP contribution in [0.1, 0.15) is 10.4 Å². The van der Waals surface area contributed by atoms with Crippen molar-refractivity contribution < 1.29 is 4.79 Å². The maximum Gasteiger partial charge on any atom is 0.253 e. The number of hydrogen-bond acceptors (Lipinski definition) is 3. The van der Waals surface area contributed by atoms with Crippen LogP contribution in [0.2, 0.25) is 0 Å². The number of carbonyl (C=O) groups is 1. The Morgan fingerprint density at radius 1 is 1.56 bits per heavy atom. The summed E-state index contributed by atoms with van der Waals surface area (Å²) in [5, 5.41) is 7.75. The first kappa shape index (κ1) is 10.6. The van der Waals surface area contributed by atoms with Gasteiger partial charge in [0, 0.05) is 31.1 Å². The van der Waals surface area contributed by atoms with Gasteiger partial charge in [-0.2, -0.15) is 5.10 Å². The minimum Gasteiger partial charge on any atom is -0.340 e. The topological polar surface area (TPSA) is 75.0 Å². The Labute approximate surface area is 93.2 Å². The SMILES string of the molecule is CN(CCN)C(=O)c1ccc2cn[nH]c2c1. The summed E-state index contributed by atoms with van der Waals surface area (Å²) in [7, 11) is 1.74. The molecule has 5 heteroatoms. The molecule has 0 saturated heterocycles. The highest BCUT2D eigenvalue weighted by Crippen LogP contribution is 2.13. The van der Waals surface area contributed by atoms with Gasteiger partial charge in [-0.15, -0.1) is 0 Å². The van der Waals surface area contributed by atoms with Crippen LogP contribution in [0.15, 0.2) is 24.4 Å². The summed E-state index contributed by atoms with van der Waals surface area (Å²) < 4.78 is 0.